The molecule has 0 saturated carbocycles. The summed E-state index contributed by atoms with van der Waals surface area (Å²) >= 11 is 11.8. The SMILES string of the molecule is N#Cc1cc(N)ccc1OCc1ccc(Cl)c(Cl)c1. The highest BCUT2D eigenvalue weighted by atomic mass is 35.5. The van der Waals surface area contributed by atoms with Crippen molar-refractivity contribution in [1.29, 1.82) is 5.26 Å². The van der Waals surface area contributed by atoms with Gasteiger partial charge in [-0.05, 0) is 35.9 Å². The molecule has 0 amide bonds. The fraction of sp³-hybridized carbons (Fsp3) is 0.0714. The number of nitrogen functional groups attached to an aromatic ring is 1. The molecule has 2 N–H and O–H groups in total. The van der Waals surface area contributed by atoms with Crippen molar-refractivity contribution in [2.45, 2.75) is 6.61 Å². The molecule has 0 aromatic heterocycles. The monoisotopic (exact) mass is 292 g/mol. The van der Waals surface area contributed by atoms with E-state index in [0.717, 1.165) is 5.56 Å². The van der Waals surface area contributed by atoms with Crippen molar-refractivity contribution in [1.82, 2.24) is 0 Å². The predicted molar refractivity (Wildman–Crippen MR) is 76.4 cm³/mol. The Balaban J connectivity index is 2.14. The molecular formula is C14H10Cl2N2O. The second kappa shape index (κ2) is 5.83. The molecule has 2 aromatic rings. The highest BCUT2D eigenvalue weighted by Gasteiger charge is 2.05. The molecule has 0 unspecified atom stereocenters. The Labute approximate surface area is 121 Å². The van der Waals surface area contributed by atoms with Crippen molar-refractivity contribution in [2.24, 2.45) is 0 Å². The molecular weight excluding hydrogens is 283 g/mol. The van der Waals surface area contributed by atoms with Crippen LogP contribution >= 0.6 is 23.2 Å². The number of hydrogen-bond donors (Lipinski definition) is 1. The first-order valence-electron chi connectivity index (χ1n) is 5.46. The van der Waals surface area contributed by atoms with Crippen LogP contribution in [0.25, 0.3) is 0 Å². The summed E-state index contributed by atoms with van der Waals surface area (Å²) in [6, 6.07) is 12.2. The van der Waals surface area contributed by atoms with Gasteiger partial charge in [0.15, 0.2) is 0 Å². The van der Waals surface area contributed by atoms with E-state index in [9.17, 15) is 0 Å². The lowest BCUT2D eigenvalue weighted by Gasteiger charge is -2.09. The largest absolute Gasteiger partial charge is 0.488 e. The summed E-state index contributed by atoms with van der Waals surface area (Å²) in [5, 5.41) is 9.97. The van der Waals surface area contributed by atoms with Gasteiger partial charge in [-0.25, -0.2) is 0 Å². The summed E-state index contributed by atoms with van der Waals surface area (Å²) in [7, 11) is 0. The lowest BCUT2D eigenvalue weighted by Crippen LogP contribution is -1.98. The summed E-state index contributed by atoms with van der Waals surface area (Å²) in [5.74, 6) is 0.489. The van der Waals surface area contributed by atoms with Gasteiger partial charge in [0.1, 0.15) is 18.4 Å². The molecule has 0 aliphatic rings. The van der Waals surface area contributed by atoms with Gasteiger partial charge in [0.2, 0.25) is 0 Å². The van der Waals surface area contributed by atoms with Crippen molar-refractivity contribution >= 4 is 28.9 Å². The van der Waals surface area contributed by atoms with Crippen LogP contribution in [0.5, 0.6) is 5.75 Å². The van der Waals surface area contributed by atoms with E-state index in [1.165, 1.54) is 0 Å². The average molecular weight is 293 g/mol. The molecule has 0 atom stereocenters. The van der Waals surface area contributed by atoms with Gasteiger partial charge in [-0.2, -0.15) is 5.26 Å². The molecule has 3 nitrogen and oxygen atoms in total. The molecule has 0 fully saturated rings. The summed E-state index contributed by atoms with van der Waals surface area (Å²) in [5.41, 5.74) is 7.41. The Bertz CT molecular complexity index is 650. The summed E-state index contributed by atoms with van der Waals surface area (Å²) in [6.45, 7) is 0.301. The standard InChI is InChI=1S/C14H10Cl2N2O/c15-12-3-1-9(5-13(12)16)8-19-14-4-2-11(18)6-10(14)7-17/h1-6H,8,18H2. The van der Waals surface area contributed by atoms with E-state index in [1.54, 1.807) is 30.3 Å². The molecule has 0 aliphatic carbocycles. The van der Waals surface area contributed by atoms with Crippen molar-refractivity contribution in [2.75, 3.05) is 5.73 Å². The molecule has 5 heteroatoms. The number of nitriles is 1. The fourth-order valence-electron chi connectivity index (χ4n) is 1.55. The van der Waals surface area contributed by atoms with Crippen LogP contribution in [-0.4, -0.2) is 0 Å². The maximum Gasteiger partial charge on any atom is 0.137 e. The van der Waals surface area contributed by atoms with Gasteiger partial charge in [-0.1, -0.05) is 29.3 Å². The zero-order chi connectivity index (χ0) is 13.8. The van der Waals surface area contributed by atoms with Crippen LogP contribution in [0.2, 0.25) is 10.0 Å². The number of ether oxygens (including phenoxy) is 1. The topological polar surface area (TPSA) is 59.0 Å². The third-order valence-electron chi connectivity index (χ3n) is 2.50. The molecule has 0 radical (unpaired) electrons. The van der Waals surface area contributed by atoms with Crippen LogP contribution in [0.4, 0.5) is 5.69 Å². The van der Waals surface area contributed by atoms with E-state index in [2.05, 4.69) is 0 Å². The second-order valence-corrected chi connectivity index (χ2v) is 4.72. The van der Waals surface area contributed by atoms with E-state index in [-0.39, 0.29) is 0 Å². The Morgan fingerprint density at radius 3 is 2.58 bits per heavy atom. The lowest BCUT2D eigenvalue weighted by molar-refractivity contribution is 0.305. The molecule has 0 bridgehead atoms. The fourth-order valence-corrected chi connectivity index (χ4v) is 1.87. The highest BCUT2D eigenvalue weighted by Crippen LogP contribution is 2.25. The van der Waals surface area contributed by atoms with Crippen LogP contribution in [-0.2, 0) is 6.61 Å². The highest BCUT2D eigenvalue weighted by molar-refractivity contribution is 6.42. The van der Waals surface area contributed by atoms with Gasteiger partial charge in [0, 0.05) is 5.69 Å². The third kappa shape index (κ3) is 3.31. The minimum absolute atomic E-state index is 0.301. The molecule has 0 saturated heterocycles. The third-order valence-corrected chi connectivity index (χ3v) is 3.24. The smallest absolute Gasteiger partial charge is 0.137 e. The van der Waals surface area contributed by atoms with Crippen molar-refractivity contribution in [3.05, 3.63) is 57.6 Å². The quantitative estimate of drug-likeness (QED) is 0.869. The average Bonchev–Trinajstić information content (AvgIpc) is 2.41. The van der Waals surface area contributed by atoms with Crippen LogP contribution in [0.15, 0.2) is 36.4 Å². The van der Waals surface area contributed by atoms with E-state index in [0.29, 0.717) is 33.7 Å². The van der Waals surface area contributed by atoms with E-state index in [4.69, 9.17) is 38.9 Å². The van der Waals surface area contributed by atoms with Crippen LogP contribution in [0, 0.1) is 11.3 Å². The number of hydrogen-bond acceptors (Lipinski definition) is 3. The van der Waals surface area contributed by atoms with Crippen LogP contribution in [0.3, 0.4) is 0 Å². The van der Waals surface area contributed by atoms with Gasteiger partial charge in [-0.3, -0.25) is 0 Å². The predicted octanol–water partition coefficient (Wildman–Crippen LogP) is 4.03. The zero-order valence-corrected chi connectivity index (χ0v) is 11.4. The van der Waals surface area contributed by atoms with Crippen molar-refractivity contribution in [3.8, 4) is 11.8 Å². The molecule has 0 aliphatic heterocycles. The minimum Gasteiger partial charge on any atom is -0.488 e. The number of rotatable bonds is 3. The number of anilines is 1. The van der Waals surface area contributed by atoms with Crippen molar-refractivity contribution in [3.63, 3.8) is 0 Å². The Morgan fingerprint density at radius 1 is 1.11 bits per heavy atom. The molecule has 0 spiro atoms. The second-order valence-electron chi connectivity index (χ2n) is 3.90. The summed E-state index contributed by atoms with van der Waals surface area (Å²) < 4.78 is 5.58. The summed E-state index contributed by atoms with van der Waals surface area (Å²) in [4.78, 5) is 0. The van der Waals surface area contributed by atoms with E-state index in [1.807, 2.05) is 12.1 Å². The molecule has 19 heavy (non-hydrogen) atoms. The normalized spacial score (nSPS) is 9.95. The number of benzene rings is 2. The van der Waals surface area contributed by atoms with Gasteiger partial charge < -0.3 is 10.5 Å². The maximum atomic E-state index is 9.00. The first-order valence-corrected chi connectivity index (χ1v) is 6.22. The van der Waals surface area contributed by atoms with E-state index >= 15 is 0 Å². The van der Waals surface area contributed by atoms with Crippen LogP contribution < -0.4 is 10.5 Å². The molecule has 2 rings (SSSR count). The Morgan fingerprint density at radius 2 is 1.89 bits per heavy atom. The molecule has 0 heterocycles. The van der Waals surface area contributed by atoms with Gasteiger partial charge in [0.05, 0.1) is 15.6 Å². The number of halogens is 2. The minimum atomic E-state index is 0.301. The maximum absolute atomic E-state index is 9.00. The van der Waals surface area contributed by atoms with Gasteiger partial charge in [-0.15, -0.1) is 0 Å². The van der Waals surface area contributed by atoms with Crippen LogP contribution in [0.1, 0.15) is 11.1 Å². The summed E-state index contributed by atoms with van der Waals surface area (Å²) in [6.07, 6.45) is 0. The number of nitrogens with two attached hydrogens (primary N) is 1. The Hall–Kier alpha value is -1.89. The van der Waals surface area contributed by atoms with Crippen molar-refractivity contribution < 1.29 is 4.74 Å². The van der Waals surface area contributed by atoms with E-state index < -0.39 is 0 Å². The van der Waals surface area contributed by atoms with Gasteiger partial charge in [0.25, 0.3) is 0 Å². The number of nitrogens with zero attached hydrogens (tertiary/aromatic N) is 1. The molecule has 96 valence electrons. The molecule has 2 aromatic carbocycles. The van der Waals surface area contributed by atoms with Gasteiger partial charge >= 0.3 is 0 Å². The first kappa shape index (κ1) is 13.5. The first-order chi connectivity index (χ1) is 9.10. The lowest BCUT2D eigenvalue weighted by atomic mass is 10.2. The zero-order valence-electron chi connectivity index (χ0n) is 9.86. The Kier molecular flexibility index (Phi) is 4.16.